The number of benzene rings is 2. The minimum Gasteiger partial charge on any atom is -0.497 e. The molecule has 0 heterocycles. The Morgan fingerprint density at radius 2 is 1.89 bits per heavy atom. The third-order valence-corrected chi connectivity index (χ3v) is 5.41. The predicted octanol–water partition coefficient (Wildman–Crippen LogP) is 3.36. The number of nitrogens with one attached hydrogen (secondary N) is 1. The van der Waals surface area contributed by atoms with Gasteiger partial charge in [0.05, 0.1) is 19.1 Å². The number of hydrogen-bond donors (Lipinski definition) is 1. The van der Waals surface area contributed by atoms with Crippen LogP contribution in [0.3, 0.4) is 0 Å². The zero-order valence-corrected chi connectivity index (χ0v) is 17.0. The maximum atomic E-state index is 12.4. The summed E-state index contributed by atoms with van der Waals surface area (Å²) in [6.45, 7) is 3.93. The number of hydrogen-bond acceptors (Lipinski definition) is 4. The molecule has 0 spiro atoms. The number of para-hydroxylation sites is 1. The fourth-order valence-corrected chi connectivity index (χ4v) is 3.95. The maximum Gasteiger partial charge on any atom is 0.232 e. The first kappa shape index (κ1) is 20.8. The van der Waals surface area contributed by atoms with E-state index in [1.54, 1.807) is 31.4 Å². The molecule has 0 unspecified atom stereocenters. The van der Waals surface area contributed by atoms with Gasteiger partial charge in [0, 0.05) is 24.7 Å². The van der Waals surface area contributed by atoms with Gasteiger partial charge in [-0.05, 0) is 36.6 Å². The minimum atomic E-state index is -3.52. The van der Waals surface area contributed by atoms with Gasteiger partial charge in [-0.2, -0.15) is 0 Å². The first-order valence-corrected chi connectivity index (χ1v) is 10.6. The van der Waals surface area contributed by atoms with Crippen molar-refractivity contribution in [1.29, 1.82) is 0 Å². The maximum absolute atomic E-state index is 12.4. The number of sulfonamides is 1. The summed E-state index contributed by atoms with van der Waals surface area (Å²) in [4.78, 5) is 12.3. The Hall–Kier alpha value is -2.54. The van der Waals surface area contributed by atoms with E-state index in [1.807, 2.05) is 32.0 Å². The number of carbonyl (C=O) groups is 1. The molecule has 0 saturated carbocycles. The number of ether oxygens (including phenoxy) is 1. The molecule has 1 amide bonds. The molecule has 0 aliphatic heterocycles. The highest BCUT2D eigenvalue weighted by Crippen LogP contribution is 2.28. The summed E-state index contributed by atoms with van der Waals surface area (Å²) < 4.78 is 31.2. The third-order valence-electron chi connectivity index (χ3n) is 4.25. The quantitative estimate of drug-likeness (QED) is 0.750. The highest BCUT2D eigenvalue weighted by atomic mass is 32.2. The molecule has 146 valence electrons. The van der Waals surface area contributed by atoms with E-state index in [-0.39, 0.29) is 18.9 Å². The molecule has 0 aliphatic rings. The number of aryl methyl sites for hydroxylation is 2. The molecule has 0 bridgehead atoms. The molecule has 0 saturated heterocycles. The van der Waals surface area contributed by atoms with Crippen molar-refractivity contribution in [3.05, 3.63) is 53.6 Å². The second kappa shape index (κ2) is 8.90. The lowest BCUT2D eigenvalue weighted by atomic mass is 10.1. The van der Waals surface area contributed by atoms with Crippen LogP contribution in [0.1, 0.15) is 24.5 Å². The summed E-state index contributed by atoms with van der Waals surface area (Å²) in [7, 11) is -1.96. The van der Waals surface area contributed by atoms with Crippen LogP contribution in [-0.2, 0) is 21.2 Å². The fourth-order valence-electron chi connectivity index (χ4n) is 2.93. The molecule has 2 aromatic carbocycles. The molecule has 0 aromatic heterocycles. The average molecular weight is 391 g/mol. The van der Waals surface area contributed by atoms with Crippen LogP contribution in [0, 0.1) is 6.92 Å². The van der Waals surface area contributed by atoms with Gasteiger partial charge < -0.3 is 10.1 Å². The van der Waals surface area contributed by atoms with Crippen LogP contribution in [0.15, 0.2) is 42.5 Å². The number of methoxy groups -OCH3 is 1. The first-order chi connectivity index (χ1) is 12.8. The van der Waals surface area contributed by atoms with Crippen LogP contribution in [0.5, 0.6) is 5.75 Å². The van der Waals surface area contributed by atoms with Crippen molar-refractivity contribution in [2.24, 2.45) is 0 Å². The lowest BCUT2D eigenvalue weighted by Crippen LogP contribution is -2.34. The van der Waals surface area contributed by atoms with E-state index in [0.717, 1.165) is 11.1 Å². The van der Waals surface area contributed by atoms with Crippen molar-refractivity contribution in [1.82, 2.24) is 0 Å². The molecule has 2 rings (SSSR count). The van der Waals surface area contributed by atoms with E-state index in [4.69, 9.17) is 4.74 Å². The van der Waals surface area contributed by atoms with Crippen molar-refractivity contribution in [3.63, 3.8) is 0 Å². The van der Waals surface area contributed by atoms with E-state index in [1.165, 1.54) is 10.6 Å². The largest absolute Gasteiger partial charge is 0.497 e. The van der Waals surface area contributed by atoms with Crippen molar-refractivity contribution >= 4 is 27.3 Å². The van der Waals surface area contributed by atoms with Crippen molar-refractivity contribution in [3.8, 4) is 5.75 Å². The van der Waals surface area contributed by atoms with Gasteiger partial charge in [0.1, 0.15) is 5.75 Å². The van der Waals surface area contributed by atoms with Gasteiger partial charge in [-0.15, -0.1) is 0 Å². The number of rotatable bonds is 8. The molecular formula is C20H26N2O4S. The van der Waals surface area contributed by atoms with E-state index >= 15 is 0 Å². The highest BCUT2D eigenvalue weighted by molar-refractivity contribution is 7.92. The summed E-state index contributed by atoms with van der Waals surface area (Å²) >= 11 is 0. The Labute approximate surface area is 161 Å². The normalized spacial score (nSPS) is 11.1. The van der Waals surface area contributed by atoms with Gasteiger partial charge >= 0.3 is 0 Å². The highest BCUT2D eigenvalue weighted by Gasteiger charge is 2.22. The van der Waals surface area contributed by atoms with Crippen molar-refractivity contribution in [2.75, 3.05) is 29.5 Å². The summed E-state index contributed by atoms with van der Waals surface area (Å²) in [5.41, 5.74) is 3.08. The van der Waals surface area contributed by atoms with Gasteiger partial charge in [0.2, 0.25) is 15.9 Å². The van der Waals surface area contributed by atoms with E-state index in [0.29, 0.717) is 23.5 Å². The molecular weight excluding hydrogens is 364 g/mol. The monoisotopic (exact) mass is 390 g/mol. The van der Waals surface area contributed by atoms with E-state index in [2.05, 4.69) is 5.32 Å². The van der Waals surface area contributed by atoms with E-state index in [9.17, 15) is 13.2 Å². The van der Waals surface area contributed by atoms with Gasteiger partial charge in [0.25, 0.3) is 0 Å². The van der Waals surface area contributed by atoms with Crippen LogP contribution in [0.2, 0.25) is 0 Å². The molecule has 1 N–H and O–H groups in total. The second-order valence-corrected chi connectivity index (χ2v) is 8.21. The number of anilines is 2. The van der Waals surface area contributed by atoms with Crippen molar-refractivity contribution in [2.45, 2.75) is 26.7 Å². The van der Waals surface area contributed by atoms with Crippen LogP contribution < -0.4 is 14.4 Å². The summed E-state index contributed by atoms with van der Waals surface area (Å²) in [6, 6.07) is 12.7. The molecule has 27 heavy (non-hydrogen) atoms. The minimum absolute atomic E-state index is 0.0434. The standard InChI is InChI=1S/C20H26N2O4S/c1-5-16-9-6-8-15(2)20(16)22(27(4,24)25)13-12-19(23)21-17-10-7-11-18(14-17)26-3/h6-11,14H,5,12-13H2,1-4H3,(H,21,23). The summed E-state index contributed by atoms with van der Waals surface area (Å²) in [5.74, 6) is 0.376. The van der Waals surface area contributed by atoms with E-state index < -0.39 is 10.0 Å². The third kappa shape index (κ3) is 5.47. The number of carbonyl (C=O) groups excluding carboxylic acids is 1. The molecule has 6 nitrogen and oxygen atoms in total. The topological polar surface area (TPSA) is 75.7 Å². The van der Waals surface area contributed by atoms with Crippen LogP contribution in [0.4, 0.5) is 11.4 Å². The van der Waals surface area contributed by atoms with Gasteiger partial charge in [-0.25, -0.2) is 8.42 Å². The Bertz CT molecular complexity index is 910. The molecule has 7 heteroatoms. The molecule has 0 aliphatic carbocycles. The predicted molar refractivity (Wildman–Crippen MR) is 109 cm³/mol. The fraction of sp³-hybridized carbons (Fsp3) is 0.350. The SMILES string of the molecule is CCc1cccc(C)c1N(CCC(=O)Nc1cccc(OC)c1)S(C)(=O)=O. The Kier molecular flexibility index (Phi) is 6.85. The lowest BCUT2D eigenvalue weighted by molar-refractivity contribution is -0.116. The lowest BCUT2D eigenvalue weighted by Gasteiger charge is -2.26. The molecule has 0 radical (unpaired) electrons. The van der Waals surface area contributed by atoms with Crippen molar-refractivity contribution < 1.29 is 17.9 Å². The zero-order chi connectivity index (χ0) is 20.0. The smallest absolute Gasteiger partial charge is 0.232 e. The van der Waals surface area contributed by atoms with Crippen LogP contribution in [-0.4, -0.2) is 34.2 Å². The number of amides is 1. The van der Waals surface area contributed by atoms with Gasteiger partial charge in [-0.1, -0.05) is 31.2 Å². The average Bonchev–Trinajstić information content (AvgIpc) is 2.62. The van der Waals surface area contributed by atoms with Gasteiger partial charge in [-0.3, -0.25) is 9.10 Å². The summed E-state index contributed by atoms with van der Waals surface area (Å²) in [6.07, 6.45) is 1.92. The van der Waals surface area contributed by atoms with Crippen LogP contribution in [0.25, 0.3) is 0 Å². The second-order valence-electron chi connectivity index (χ2n) is 6.30. The number of nitrogens with zero attached hydrogens (tertiary/aromatic N) is 1. The Morgan fingerprint density at radius 1 is 1.19 bits per heavy atom. The van der Waals surface area contributed by atoms with Gasteiger partial charge in [0.15, 0.2) is 0 Å². The van der Waals surface area contributed by atoms with Crippen LogP contribution >= 0.6 is 0 Å². The Morgan fingerprint density at radius 3 is 2.52 bits per heavy atom. The summed E-state index contributed by atoms with van der Waals surface area (Å²) in [5, 5.41) is 2.78. The zero-order valence-electron chi connectivity index (χ0n) is 16.2. The molecule has 0 fully saturated rings. The molecule has 2 aromatic rings. The Balaban J connectivity index is 2.17. The molecule has 0 atom stereocenters. The first-order valence-electron chi connectivity index (χ1n) is 8.76.